The van der Waals surface area contributed by atoms with E-state index in [-0.39, 0.29) is 5.41 Å². The molecular weight excluding hydrogens is 687 g/mol. The lowest BCUT2D eigenvalue weighted by molar-refractivity contribution is 0.660. The Labute approximate surface area is 335 Å². The minimum absolute atomic E-state index is 0.129. The fourth-order valence-corrected chi connectivity index (χ4v) is 10.0. The maximum absolute atomic E-state index is 2.48. The number of fused-ring (bicyclic) bond motifs is 7. The SMILES string of the molecule is CC1(C)c2ccccc2-c2ccc(N(c3cccc(-c4ccc5ccccc5c4)c3)c3ccc4c(c3)C(c3ccccc3)(c3ccccc3)c3ccccc3-4)cc21. The number of anilines is 3. The molecule has 0 bridgehead atoms. The van der Waals surface area contributed by atoms with Gasteiger partial charge in [-0.05, 0) is 120 Å². The molecule has 57 heavy (non-hydrogen) atoms. The molecule has 2 aliphatic rings. The topological polar surface area (TPSA) is 3.24 Å². The predicted molar refractivity (Wildman–Crippen MR) is 239 cm³/mol. The zero-order chi connectivity index (χ0) is 38.1. The Kier molecular flexibility index (Phi) is 7.50. The van der Waals surface area contributed by atoms with Crippen LogP contribution in [0.15, 0.2) is 212 Å². The van der Waals surface area contributed by atoms with E-state index >= 15 is 0 Å². The molecule has 0 saturated heterocycles. The third-order valence-electron chi connectivity index (χ3n) is 12.7. The molecule has 9 aromatic carbocycles. The maximum atomic E-state index is 2.48. The van der Waals surface area contributed by atoms with Gasteiger partial charge in [0.1, 0.15) is 0 Å². The van der Waals surface area contributed by atoms with Crippen LogP contribution in [0.1, 0.15) is 47.2 Å². The van der Waals surface area contributed by atoms with Crippen molar-refractivity contribution in [3.63, 3.8) is 0 Å². The van der Waals surface area contributed by atoms with Crippen molar-refractivity contribution < 1.29 is 0 Å². The highest BCUT2D eigenvalue weighted by Crippen LogP contribution is 2.58. The number of hydrogen-bond donors (Lipinski definition) is 0. The first-order chi connectivity index (χ1) is 28.0. The summed E-state index contributed by atoms with van der Waals surface area (Å²) in [5.74, 6) is 0. The van der Waals surface area contributed by atoms with Crippen molar-refractivity contribution in [1.82, 2.24) is 0 Å². The second-order valence-electron chi connectivity index (χ2n) is 16.1. The first-order valence-electron chi connectivity index (χ1n) is 20.0. The van der Waals surface area contributed by atoms with E-state index in [4.69, 9.17) is 0 Å². The minimum Gasteiger partial charge on any atom is -0.310 e. The normalized spacial score (nSPS) is 14.1. The average molecular weight is 728 g/mol. The molecule has 1 heteroatoms. The second-order valence-corrected chi connectivity index (χ2v) is 16.1. The third kappa shape index (κ3) is 5.02. The lowest BCUT2D eigenvalue weighted by atomic mass is 9.67. The van der Waals surface area contributed by atoms with Crippen LogP contribution in [0.3, 0.4) is 0 Å². The van der Waals surface area contributed by atoms with Gasteiger partial charge >= 0.3 is 0 Å². The number of hydrogen-bond acceptors (Lipinski definition) is 1. The lowest BCUT2D eigenvalue weighted by Gasteiger charge is -2.35. The quantitative estimate of drug-likeness (QED) is 0.165. The average Bonchev–Trinajstić information content (AvgIpc) is 3.69. The van der Waals surface area contributed by atoms with Gasteiger partial charge in [-0.3, -0.25) is 0 Å². The molecule has 0 spiro atoms. The number of nitrogens with zero attached hydrogens (tertiary/aromatic N) is 1. The minimum atomic E-state index is -0.495. The lowest BCUT2D eigenvalue weighted by Crippen LogP contribution is -2.28. The van der Waals surface area contributed by atoms with Gasteiger partial charge in [-0.2, -0.15) is 0 Å². The second kappa shape index (κ2) is 12.8. The standard InChI is InChI=1S/C56H41N/c1-55(2)51-26-13-11-24-47(51)49-32-30-45(36-53(49)55)57(44-23-15-18-40(35-44)41-29-28-38-16-9-10-17-39(38)34-41)46-31-33-50-48-25-12-14-27-52(48)56(54(50)37-46,42-19-5-3-6-20-42)43-21-7-4-8-22-43/h3-37H,1-2H3. The summed E-state index contributed by atoms with van der Waals surface area (Å²) in [5, 5.41) is 2.49. The van der Waals surface area contributed by atoms with Crippen LogP contribution < -0.4 is 4.90 Å². The molecule has 0 heterocycles. The molecule has 0 saturated carbocycles. The highest BCUT2D eigenvalue weighted by molar-refractivity contribution is 5.92. The van der Waals surface area contributed by atoms with Gasteiger partial charge in [-0.15, -0.1) is 0 Å². The molecule has 1 nitrogen and oxygen atoms in total. The van der Waals surface area contributed by atoms with Crippen LogP contribution in [0.5, 0.6) is 0 Å². The summed E-state index contributed by atoms with van der Waals surface area (Å²) in [6.07, 6.45) is 0. The van der Waals surface area contributed by atoms with E-state index in [0.717, 1.165) is 17.1 Å². The smallest absolute Gasteiger partial charge is 0.0714 e. The van der Waals surface area contributed by atoms with Gasteiger partial charge in [0.05, 0.1) is 5.41 Å². The highest BCUT2D eigenvalue weighted by Gasteiger charge is 2.46. The van der Waals surface area contributed by atoms with Crippen LogP contribution in [0.4, 0.5) is 17.1 Å². The Morgan fingerprint density at radius 3 is 1.53 bits per heavy atom. The summed E-state index contributed by atoms with van der Waals surface area (Å²) in [6.45, 7) is 4.74. The monoisotopic (exact) mass is 727 g/mol. The van der Waals surface area contributed by atoms with Crippen LogP contribution in [0, 0.1) is 0 Å². The van der Waals surface area contributed by atoms with Crippen molar-refractivity contribution in [2.75, 3.05) is 4.90 Å². The van der Waals surface area contributed by atoms with E-state index in [9.17, 15) is 0 Å². The van der Waals surface area contributed by atoms with E-state index in [1.807, 2.05) is 0 Å². The Morgan fingerprint density at radius 1 is 0.316 bits per heavy atom. The first-order valence-corrected chi connectivity index (χ1v) is 20.0. The molecular formula is C56H41N. The van der Waals surface area contributed by atoms with Gasteiger partial charge in [-0.1, -0.05) is 184 Å². The van der Waals surface area contributed by atoms with Crippen LogP contribution >= 0.6 is 0 Å². The Morgan fingerprint density at radius 2 is 0.825 bits per heavy atom. The van der Waals surface area contributed by atoms with E-state index in [1.54, 1.807) is 0 Å². The van der Waals surface area contributed by atoms with E-state index < -0.39 is 5.41 Å². The molecule has 0 aromatic heterocycles. The van der Waals surface area contributed by atoms with Gasteiger partial charge in [0.15, 0.2) is 0 Å². The fraction of sp³-hybridized carbons (Fsp3) is 0.0714. The summed E-state index contributed by atoms with van der Waals surface area (Å²) in [5.41, 5.74) is 18.3. The van der Waals surface area contributed by atoms with Crippen molar-refractivity contribution in [2.45, 2.75) is 24.7 Å². The molecule has 2 aliphatic carbocycles. The molecule has 9 aromatic rings. The van der Waals surface area contributed by atoms with E-state index in [1.165, 1.54) is 77.5 Å². The molecule has 11 rings (SSSR count). The van der Waals surface area contributed by atoms with Gasteiger partial charge in [0.2, 0.25) is 0 Å². The van der Waals surface area contributed by atoms with E-state index in [0.29, 0.717) is 0 Å². The van der Waals surface area contributed by atoms with Crippen LogP contribution in [0.2, 0.25) is 0 Å². The van der Waals surface area contributed by atoms with Crippen molar-refractivity contribution in [3.8, 4) is 33.4 Å². The van der Waals surface area contributed by atoms with Gasteiger partial charge < -0.3 is 4.90 Å². The van der Waals surface area contributed by atoms with Crippen molar-refractivity contribution >= 4 is 27.8 Å². The van der Waals surface area contributed by atoms with Crippen molar-refractivity contribution in [2.24, 2.45) is 0 Å². The van der Waals surface area contributed by atoms with Crippen molar-refractivity contribution in [3.05, 3.63) is 246 Å². The summed E-state index contributed by atoms with van der Waals surface area (Å²) in [7, 11) is 0. The molecule has 0 aliphatic heterocycles. The summed E-state index contributed by atoms with van der Waals surface area (Å²) in [6, 6.07) is 78.9. The van der Waals surface area contributed by atoms with Gasteiger partial charge in [0, 0.05) is 22.5 Å². The predicted octanol–water partition coefficient (Wildman–Crippen LogP) is 14.6. The number of benzene rings is 9. The summed E-state index contributed by atoms with van der Waals surface area (Å²) in [4.78, 5) is 2.48. The van der Waals surface area contributed by atoms with E-state index in [2.05, 4.69) is 231 Å². The molecule has 0 radical (unpaired) electrons. The third-order valence-corrected chi connectivity index (χ3v) is 12.7. The van der Waals surface area contributed by atoms with Crippen LogP contribution in [0.25, 0.3) is 44.2 Å². The molecule has 0 fully saturated rings. The molecule has 0 unspecified atom stereocenters. The summed E-state index contributed by atoms with van der Waals surface area (Å²) >= 11 is 0. The Balaban J connectivity index is 1.16. The zero-order valence-corrected chi connectivity index (χ0v) is 32.2. The number of rotatable bonds is 6. The fourth-order valence-electron chi connectivity index (χ4n) is 10.0. The molecule has 0 atom stereocenters. The first kappa shape index (κ1) is 33.4. The largest absolute Gasteiger partial charge is 0.310 e. The highest BCUT2D eigenvalue weighted by atomic mass is 15.1. The Hall–Kier alpha value is -6.96. The molecule has 270 valence electrons. The molecule has 0 amide bonds. The van der Waals surface area contributed by atoms with Crippen LogP contribution in [-0.4, -0.2) is 0 Å². The zero-order valence-electron chi connectivity index (χ0n) is 32.2. The van der Waals surface area contributed by atoms with Gasteiger partial charge in [0.25, 0.3) is 0 Å². The summed E-state index contributed by atoms with van der Waals surface area (Å²) < 4.78 is 0. The molecule has 0 N–H and O–H groups in total. The maximum Gasteiger partial charge on any atom is 0.0714 e. The van der Waals surface area contributed by atoms with Crippen molar-refractivity contribution in [1.29, 1.82) is 0 Å². The Bertz CT molecular complexity index is 2950. The van der Waals surface area contributed by atoms with Crippen LogP contribution in [-0.2, 0) is 10.8 Å². The van der Waals surface area contributed by atoms with Gasteiger partial charge in [-0.25, -0.2) is 0 Å².